The van der Waals surface area contributed by atoms with Crippen LogP contribution < -0.4 is 15.2 Å². The van der Waals surface area contributed by atoms with Gasteiger partial charge in [-0.1, -0.05) is 17.1 Å². The van der Waals surface area contributed by atoms with E-state index in [1.807, 2.05) is 0 Å². The Morgan fingerprint density at radius 1 is 1.23 bits per heavy atom. The highest BCUT2D eigenvalue weighted by molar-refractivity contribution is 5.77. The Hall–Kier alpha value is -2.52. The number of hydrazine groups is 1. The molecule has 0 unspecified atom stereocenters. The number of amides is 1. The summed E-state index contributed by atoms with van der Waals surface area (Å²) in [6.45, 7) is 0.0642. The maximum atomic E-state index is 12.6. The minimum atomic E-state index is -4.62. The van der Waals surface area contributed by atoms with Crippen LogP contribution in [0.1, 0.15) is 12.8 Å². The lowest BCUT2D eigenvalue weighted by molar-refractivity contribution is -0.493. The second kappa shape index (κ2) is 6.08. The average Bonchev–Trinajstić information content (AvgIpc) is 3.05. The highest BCUT2D eigenvalue weighted by atomic mass is 19.4. The molecule has 0 spiro atoms. The van der Waals surface area contributed by atoms with Crippen LogP contribution in [-0.4, -0.2) is 30.5 Å². The minimum absolute atomic E-state index is 0.0329. The van der Waals surface area contributed by atoms with Gasteiger partial charge in [0.15, 0.2) is 11.7 Å². The summed E-state index contributed by atoms with van der Waals surface area (Å²) in [4.78, 5) is 20.7. The van der Waals surface area contributed by atoms with Crippen LogP contribution in [0.15, 0.2) is 24.3 Å². The summed E-state index contributed by atoms with van der Waals surface area (Å²) >= 11 is 0. The number of alkyl halides is 3. The number of carbonyl (C=O) groups excluding carboxylic acids is 1. The van der Waals surface area contributed by atoms with Crippen molar-refractivity contribution in [3.8, 4) is 0 Å². The van der Waals surface area contributed by atoms with Gasteiger partial charge in [-0.15, -0.1) is 0 Å². The molecule has 1 N–H and O–H groups in total. The Balaban J connectivity index is 0.000000246. The molecule has 1 saturated heterocycles. The zero-order valence-corrected chi connectivity index (χ0v) is 11.3. The van der Waals surface area contributed by atoms with Crippen molar-refractivity contribution in [1.82, 2.24) is 5.32 Å². The van der Waals surface area contributed by atoms with Gasteiger partial charge in [-0.2, -0.15) is 13.2 Å². The van der Waals surface area contributed by atoms with Crippen LogP contribution in [0.25, 0.3) is 0 Å². The Morgan fingerprint density at radius 3 is 2.27 bits per heavy atom. The number of para-hydroxylation sites is 2. The third-order valence-corrected chi connectivity index (χ3v) is 3.13. The average molecular weight is 318 g/mol. The first-order valence-corrected chi connectivity index (χ1v) is 6.42. The van der Waals surface area contributed by atoms with E-state index in [0.717, 1.165) is 19.4 Å². The van der Waals surface area contributed by atoms with Crippen molar-refractivity contribution in [2.45, 2.75) is 19.1 Å². The van der Waals surface area contributed by atoms with Gasteiger partial charge < -0.3 is 5.32 Å². The normalized spacial score (nSPS) is 16.8. The number of benzene rings is 1. The smallest absolute Gasteiger partial charge is 0.356 e. The second-order valence-electron chi connectivity index (χ2n) is 4.62. The molecule has 0 aliphatic carbocycles. The standard InChI is InChI=1S/C8H6F3N3O2.C4H7NO/c9-8(10,11)12-5-13(14(15)16)7-4-2-1-3-6(7)12;6-4-2-1-3-5-4/h1-4H,5H2;1-3H2,(H,5,6). The van der Waals surface area contributed by atoms with Crippen LogP contribution in [0.3, 0.4) is 0 Å². The van der Waals surface area contributed by atoms with Gasteiger partial charge in [0, 0.05) is 13.0 Å². The monoisotopic (exact) mass is 318 g/mol. The van der Waals surface area contributed by atoms with E-state index < -0.39 is 18.0 Å². The third-order valence-electron chi connectivity index (χ3n) is 3.13. The molecule has 0 radical (unpaired) electrons. The van der Waals surface area contributed by atoms with E-state index in [4.69, 9.17) is 0 Å². The van der Waals surface area contributed by atoms with Crippen molar-refractivity contribution < 1.29 is 23.0 Å². The zero-order valence-electron chi connectivity index (χ0n) is 11.3. The van der Waals surface area contributed by atoms with E-state index >= 15 is 0 Å². The lowest BCUT2D eigenvalue weighted by Crippen LogP contribution is -2.42. The predicted molar refractivity (Wildman–Crippen MR) is 71.6 cm³/mol. The summed E-state index contributed by atoms with van der Waals surface area (Å²) in [6.07, 6.45) is -2.86. The van der Waals surface area contributed by atoms with Gasteiger partial charge >= 0.3 is 6.30 Å². The van der Waals surface area contributed by atoms with Gasteiger partial charge in [-0.3, -0.25) is 9.69 Å². The third kappa shape index (κ3) is 3.38. The largest absolute Gasteiger partial charge is 0.486 e. The molecule has 1 amide bonds. The number of fused-ring (bicyclic) bond motifs is 1. The number of nitrogens with one attached hydrogen (secondary N) is 1. The first-order valence-electron chi connectivity index (χ1n) is 6.42. The molecule has 0 bridgehead atoms. The minimum Gasteiger partial charge on any atom is -0.356 e. The molecule has 10 heteroatoms. The molecule has 1 aromatic rings. The second-order valence-corrected chi connectivity index (χ2v) is 4.62. The number of hydrogen-bond acceptors (Lipinski definition) is 4. The van der Waals surface area contributed by atoms with Crippen LogP contribution >= 0.6 is 0 Å². The van der Waals surface area contributed by atoms with Gasteiger partial charge in [0.05, 0.1) is 5.69 Å². The summed E-state index contributed by atoms with van der Waals surface area (Å²) in [6, 6.07) is 5.34. The quantitative estimate of drug-likeness (QED) is 0.486. The van der Waals surface area contributed by atoms with Gasteiger partial charge in [0.25, 0.3) is 0 Å². The van der Waals surface area contributed by atoms with Gasteiger partial charge in [0.1, 0.15) is 5.69 Å². The van der Waals surface area contributed by atoms with E-state index in [-0.39, 0.29) is 22.2 Å². The summed E-state index contributed by atoms with van der Waals surface area (Å²) in [5.41, 5.74) is -0.253. The van der Waals surface area contributed by atoms with Gasteiger partial charge in [-0.25, -0.2) is 10.1 Å². The van der Waals surface area contributed by atoms with E-state index in [9.17, 15) is 28.1 Å². The number of halogens is 3. The number of rotatable bonds is 1. The number of anilines is 2. The van der Waals surface area contributed by atoms with E-state index in [1.54, 1.807) is 0 Å². The first-order chi connectivity index (χ1) is 10.3. The fourth-order valence-electron chi connectivity index (χ4n) is 2.12. The molecule has 2 aliphatic heterocycles. The first kappa shape index (κ1) is 15.9. The van der Waals surface area contributed by atoms with Crippen LogP contribution in [0, 0.1) is 10.1 Å². The van der Waals surface area contributed by atoms with Gasteiger partial charge in [0.2, 0.25) is 5.91 Å². The fourth-order valence-corrected chi connectivity index (χ4v) is 2.12. The number of carbonyl (C=O) groups is 1. The van der Waals surface area contributed by atoms with Crippen molar-refractivity contribution in [2.75, 3.05) is 23.1 Å². The lowest BCUT2D eigenvalue weighted by atomic mass is 10.3. The molecular weight excluding hydrogens is 305 g/mol. The van der Waals surface area contributed by atoms with Crippen LogP contribution in [-0.2, 0) is 4.79 Å². The molecule has 0 aromatic heterocycles. The van der Waals surface area contributed by atoms with Crippen LogP contribution in [0.2, 0.25) is 0 Å². The topological polar surface area (TPSA) is 78.7 Å². The van der Waals surface area contributed by atoms with Crippen molar-refractivity contribution in [1.29, 1.82) is 0 Å². The molecular formula is C12H13F3N4O3. The Morgan fingerprint density at radius 2 is 1.86 bits per heavy atom. The summed E-state index contributed by atoms with van der Waals surface area (Å²) in [5, 5.41) is 12.9. The van der Waals surface area contributed by atoms with Gasteiger partial charge in [-0.05, 0) is 18.6 Å². The molecule has 120 valence electrons. The van der Waals surface area contributed by atoms with Crippen molar-refractivity contribution in [3.63, 3.8) is 0 Å². The molecule has 2 aliphatic rings. The van der Waals surface area contributed by atoms with E-state index in [2.05, 4.69) is 5.32 Å². The molecule has 22 heavy (non-hydrogen) atoms. The highest BCUT2D eigenvalue weighted by Crippen LogP contribution is 2.41. The number of nitrogens with zero attached hydrogens (tertiary/aromatic N) is 3. The lowest BCUT2D eigenvalue weighted by Gasteiger charge is -2.20. The SMILES string of the molecule is O=C1CCCN1.O=[N+]([O-])N1CN(C(F)(F)F)c2ccccc21. The Bertz CT molecular complexity index is 571. The van der Waals surface area contributed by atoms with Crippen molar-refractivity contribution in [2.24, 2.45) is 0 Å². The molecule has 0 atom stereocenters. The Kier molecular flexibility index (Phi) is 4.38. The predicted octanol–water partition coefficient (Wildman–Crippen LogP) is 1.88. The molecule has 7 nitrogen and oxygen atoms in total. The number of hydrogen-bond donors (Lipinski definition) is 1. The van der Waals surface area contributed by atoms with Crippen molar-refractivity contribution >= 4 is 17.3 Å². The van der Waals surface area contributed by atoms with Crippen LogP contribution in [0.4, 0.5) is 24.5 Å². The molecule has 3 rings (SSSR count). The van der Waals surface area contributed by atoms with Crippen LogP contribution in [0.5, 0.6) is 0 Å². The summed E-state index contributed by atoms with van der Waals surface area (Å²) < 4.78 is 37.7. The molecule has 1 fully saturated rings. The summed E-state index contributed by atoms with van der Waals surface area (Å²) in [7, 11) is 0. The molecule has 0 saturated carbocycles. The molecule has 1 aromatic carbocycles. The maximum Gasteiger partial charge on any atom is 0.486 e. The maximum absolute atomic E-state index is 12.6. The van der Waals surface area contributed by atoms with E-state index in [1.165, 1.54) is 24.3 Å². The zero-order chi connectivity index (χ0) is 16.3. The fraction of sp³-hybridized carbons (Fsp3) is 0.417. The summed E-state index contributed by atoms with van der Waals surface area (Å²) in [5.74, 6) is 0.204. The van der Waals surface area contributed by atoms with E-state index in [0.29, 0.717) is 5.01 Å². The van der Waals surface area contributed by atoms with Crippen molar-refractivity contribution in [3.05, 3.63) is 34.4 Å². The molecule has 2 heterocycles. The Labute approximate surface area is 123 Å². The number of nitro groups is 1. The highest BCUT2D eigenvalue weighted by Gasteiger charge is 2.47.